The molecule has 0 bridgehead atoms. The van der Waals surface area contributed by atoms with E-state index in [0.717, 1.165) is 18.0 Å². The number of nitrogens with one attached hydrogen (secondary N) is 1. The fourth-order valence-corrected chi connectivity index (χ4v) is 2.65. The van der Waals surface area contributed by atoms with Gasteiger partial charge in [-0.3, -0.25) is 4.79 Å². The van der Waals surface area contributed by atoms with Gasteiger partial charge in [0.15, 0.2) is 0 Å². The van der Waals surface area contributed by atoms with Crippen molar-refractivity contribution < 1.29 is 9.53 Å². The van der Waals surface area contributed by atoms with E-state index in [1.54, 1.807) is 12.3 Å². The second-order valence-electron chi connectivity index (χ2n) is 6.00. The summed E-state index contributed by atoms with van der Waals surface area (Å²) in [6.07, 6.45) is 2.53. The molecule has 0 fully saturated rings. The largest absolute Gasteiger partial charge is 0.493 e. The van der Waals surface area contributed by atoms with Gasteiger partial charge in [0, 0.05) is 32.8 Å². The fraction of sp³-hybridized carbons (Fsp3) is 0.333. The SMILES string of the molecule is CN(C)c1ccc(C(=O)NCC2COc3ccccc3C2)cn1. The topological polar surface area (TPSA) is 54.5 Å². The van der Waals surface area contributed by atoms with Crippen molar-refractivity contribution in [1.82, 2.24) is 10.3 Å². The van der Waals surface area contributed by atoms with Crippen LogP contribution in [0.15, 0.2) is 42.6 Å². The Morgan fingerprint density at radius 2 is 2.13 bits per heavy atom. The molecule has 1 N–H and O–H groups in total. The number of hydrogen-bond donors (Lipinski definition) is 1. The molecule has 1 aromatic carbocycles. The Bertz CT molecular complexity index is 683. The van der Waals surface area contributed by atoms with Gasteiger partial charge < -0.3 is 15.0 Å². The fourth-order valence-electron chi connectivity index (χ4n) is 2.65. The third-order valence-corrected chi connectivity index (χ3v) is 3.98. The van der Waals surface area contributed by atoms with Crippen LogP contribution < -0.4 is 15.0 Å². The Balaban J connectivity index is 1.55. The van der Waals surface area contributed by atoms with E-state index in [1.807, 2.05) is 43.3 Å². The van der Waals surface area contributed by atoms with Crippen molar-refractivity contribution in [3.8, 4) is 5.75 Å². The monoisotopic (exact) mass is 311 g/mol. The minimum absolute atomic E-state index is 0.0957. The molecule has 23 heavy (non-hydrogen) atoms. The minimum atomic E-state index is -0.0957. The van der Waals surface area contributed by atoms with Gasteiger partial charge in [0.05, 0.1) is 12.2 Å². The van der Waals surface area contributed by atoms with E-state index in [1.165, 1.54) is 5.56 Å². The summed E-state index contributed by atoms with van der Waals surface area (Å²) in [5, 5.41) is 2.98. The number of hydrogen-bond acceptors (Lipinski definition) is 4. The molecule has 1 atom stereocenters. The van der Waals surface area contributed by atoms with Crippen LogP contribution in [0.1, 0.15) is 15.9 Å². The average molecular weight is 311 g/mol. The van der Waals surface area contributed by atoms with E-state index in [4.69, 9.17) is 4.74 Å². The highest BCUT2D eigenvalue weighted by atomic mass is 16.5. The molecule has 5 heteroatoms. The molecule has 1 unspecified atom stereocenters. The van der Waals surface area contributed by atoms with E-state index in [2.05, 4.69) is 16.4 Å². The quantitative estimate of drug-likeness (QED) is 0.940. The van der Waals surface area contributed by atoms with E-state index in [9.17, 15) is 4.79 Å². The first-order chi connectivity index (χ1) is 11.1. The summed E-state index contributed by atoms with van der Waals surface area (Å²) in [6, 6.07) is 11.7. The predicted molar refractivity (Wildman–Crippen MR) is 90.0 cm³/mol. The first kappa shape index (κ1) is 15.3. The first-order valence-electron chi connectivity index (χ1n) is 7.76. The molecule has 0 aliphatic carbocycles. The number of fused-ring (bicyclic) bond motifs is 1. The Kier molecular flexibility index (Phi) is 4.46. The van der Waals surface area contributed by atoms with Crippen LogP contribution in [0.4, 0.5) is 5.82 Å². The highest BCUT2D eigenvalue weighted by Gasteiger charge is 2.20. The summed E-state index contributed by atoms with van der Waals surface area (Å²) < 4.78 is 5.75. The lowest BCUT2D eigenvalue weighted by atomic mass is 9.97. The number of carbonyl (C=O) groups is 1. The zero-order chi connectivity index (χ0) is 16.2. The molecule has 0 saturated heterocycles. The molecule has 120 valence electrons. The van der Waals surface area contributed by atoms with E-state index in [0.29, 0.717) is 24.6 Å². The first-order valence-corrected chi connectivity index (χ1v) is 7.76. The summed E-state index contributed by atoms with van der Waals surface area (Å²) in [7, 11) is 3.84. The van der Waals surface area contributed by atoms with Crippen molar-refractivity contribution in [3.63, 3.8) is 0 Å². The second kappa shape index (κ2) is 6.69. The third kappa shape index (κ3) is 3.62. The molecule has 1 aliphatic rings. The number of carbonyl (C=O) groups excluding carboxylic acids is 1. The maximum absolute atomic E-state index is 12.2. The number of rotatable bonds is 4. The maximum atomic E-state index is 12.2. The predicted octanol–water partition coefficient (Wildman–Crippen LogP) is 2.13. The lowest BCUT2D eigenvalue weighted by Gasteiger charge is -2.25. The number of benzene rings is 1. The zero-order valence-electron chi connectivity index (χ0n) is 13.5. The maximum Gasteiger partial charge on any atom is 0.252 e. The van der Waals surface area contributed by atoms with Crippen LogP contribution in [0.25, 0.3) is 0 Å². The second-order valence-corrected chi connectivity index (χ2v) is 6.00. The van der Waals surface area contributed by atoms with Crippen LogP contribution in [0.5, 0.6) is 5.75 Å². The summed E-state index contributed by atoms with van der Waals surface area (Å²) in [5.41, 5.74) is 1.78. The number of pyridine rings is 1. The van der Waals surface area contributed by atoms with Gasteiger partial charge in [-0.25, -0.2) is 4.98 Å². The highest BCUT2D eigenvalue weighted by molar-refractivity contribution is 5.94. The van der Waals surface area contributed by atoms with Gasteiger partial charge in [-0.2, -0.15) is 0 Å². The van der Waals surface area contributed by atoms with Crippen LogP contribution in [0, 0.1) is 5.92 Å². The number of amides is 1. The Morgan fingerprint density at radius 1 is 1.30 bits per heavy atom. The standard InChI is InChI=1S/C18H21N3O2/c1-21(2)17-8-7-15(11-19-17)18(22)20-10-13-9-14-5-3-4-6-16(14)23-12-13/h3-8,11,13H,9-10,12H2,1-2H3,(H,20,22). The summed E-state index contributed by atoms with van der Waals surface area (Å²) in [4.78, 5) is 18.4. The smallest absolute Gasteiger partial charge is 0.252 e. The lowest BCUT2D eigenvalue weighted by Crippen LogP contribution is -2.34. The molecular weight excluding hydrogens is 290 g/mol. The van der Waals surface area contributed by atoms with Crippen LogP contribution in [-0.4, -0.2) is 38.1 Å². The van der Waals surface area contributed by atoms with Crippen LogP contribution in [-0.2, 0) is 6.42 Å². The number of ether oxygens (including phenoxy) is 1. The van der Waals surface area contributed by atoms with Gasteiger partial charge in [-0.15, -0.1) is 0 Å². The van der Waals surface area contributed by atoms with Crippen LogP contribution in [0.3, 0.4) is 0 Å². The molecule has 0 saturated carbocycles. The number of aromatic nitrogens is 1. The molecule has 1 aromatic heterocycles. The van der Waals surface area contributed by atoms with E-state index in [-0.39, 0.29) is 5.91 Å². The normalized spacial score (nSPS) is 16.2. The minimum Gasteiger partial charge on any atom is -0.493 e. The molecule has 1 amide bonds. The molecule has 2 aromatic rings. The molecule has 5 nitrogen and oxygen atoms in total. The lowest BCUT2D eigenvalue weighted by molar-refractivity contribution is 0.0938. The Labute approximate surface area is 136 Å². The molecule has 1 aliphatic heterocycles. The van der Waals surface area contributed by atoms with Gasteiger partial charge in [0.25, 0.3) is 5.91 Å². The van der Waals surface area contributed by atoms with E-state index >= 15 is 0 Å². The molecular formula is C18H21N3O2. The van der Waals surface area contributed by atoms with Gasteiger partial charge >= 0.3 is 0 Å². The molecule has 3 rings (SSSR count). The van der Waals surface area contributed by atoms with Crippen molar-refractivity contribution in [2.75, 3.05) is 32.1 Å². The summed E-state index contributed by atoms with van der Waals surface area (Å²) in [5.74, 6) is 1.99. The van der Waals surface area contributed by atoms with Crippen LogP contribution in [0.2, 0.25) is 0 Å². The van der Waals surface area contributed by atoms with Gasteiger partial charge in [0.1, 0.15) is 11.6 Å². The molecule has 0 radical (unpaired) electrons. The number of nitrogens with zero attached hydrogens (tertiary/aromatic N) is 2. The third-order valence-electron chi connectivity index (χ3n) is 3.98. The summed E-state index contributed by atoms with van der Waals surface area (Å²) >= 11 is 0. The van der Waals surface area contributed by atoms with Crippen molar-refractivity contribution in [2.24, 2.45) is 5.92 Å². The van der Waals surface area contributed by atoms with Gasteiger partial charge in [0.2, 0.25) is 0 Å². The molecule has 0 spiro atoms. The van der Waals surface area contributed by atoms with Crippen molar-refractivity contribution >= 4 is 11.7 Å². The Morgan fingerprint density at radius 3 is 2.87 bits per heavy atom. The molecule has 2 heterocycles. The zero-order valence-corrected chi connectivity index (χ0v) is 13.5. The van der Waals surface area contributed by atoms with Crippen LogP contribution >= 0.6 is 0 Å². The average Bonchev–Trinajstić information content (AvgIpc) is 2.59. The van der Waals surface area contributed by atoms with E-state index < -0.39 is 0 Å². The van der Waals surface area contributed by atoms with Crippen molar-refractivity contribution in [2.45, 2.75) is 6.42 Å². The highest BCUT2D eigenvalue weighted by Crippen LogP contribution is 2.26. The van der Waals surface area contributed by atoms with Crippen molar-refractivity contribution in [1.29, 1.82) is 0 Å². The number of para-hydroxylation sites is 1. The Hall–Kier alpha value is -2.56. The summed E-state index contributed by atoms with van der Waals surface area (Å²) in [6.45, 7) is 1.23. The van der Waals surface area contributed by atoms with Gasteiger partial charge in [-0.1, -0.05) is 18.2 Å². The van der Waals surface area contributed by atoms with Crippen molar-refractivity contribution in [3.05, 3.63) is 53.7 Å². The van der Waals surface area contributed by atoms with Gasteiger partial charge in [-0.05, 0) is 30.2 Å². The number of anilines is 1.